The maximum absolute atomic E-state index is 11.6. The Hall–Kier alpha value is -3.09. The first-order valence-electron chi connectivity index (χ1n) is 11.0. The maximum atomic E-state index is 11.6. The second-order valence-corrected chi connectivity index (χ2v) is 9.26. The van der Waals surface area contributed by atoms with Gasteiger partial charge >= 0.3 is 5.97 Å². The van der Waals surface area contributed by atoms with Crippen molar-refractivity contribution >= 4 is 40.2 Å². The van der Waals surface area contributed by atoms with E-state index in [4.69, 9.17) is 27.9 Å². The maximum Gasteiger partial charge on any atom is 0.310 e. The van der Waals surface area contributed by atoms with Crippen molar-refractivity contribution in [2.45, 2.75) is 45.8 Å². The minimum absolute atomic E-state index is 0.0298. The number of hydrogen-bond donors (Lipinski definition) is 1. The minimum Gasteiger partial charge on any atom is -0.489 e. The fourth-order valence-corrected chi connectivity index (χ4v) is 4.77. The highest BCUT2D eigenvalue weighted by Gasteiger charge is 2.23. The molecule has 2 aromatic carbocycles. The summed E-state index contributed by atoms with van der Waals surface area (Å²) in [5, 5.41) is 10.5. The number of fused-ring (bicyclic) bond motifs is 1. The highest BCUT2D eigenvalue weighted by atomic mass is 35.5. The number of aromatic nitrogens is 3. The van der Waals surface area contributed by atoms with Gasteiger partial charge in [0.25, 0.3) is 0 Å². The Morgan fingerprint density at radius 2 is 1.79 bits per heavy atom. The molecule has 2 atom stereocenters. The number of aliphatic carboxylic acids is 1. The van der Waals surface area contributed by atoms with Crippen LogP contribution >= 0.6 is 23.2 Å². The van der Waals surface area contributed by atoms with Crippen LogP contribution in [0.25, 0.3) is 22.3 Å². The smallest absolute Gasteiger partial charge is 0.310 e. The van der Waals surface area contributed by atoms with Gasteiger partial charge in [0, 0.05) is 16.1 Å². The van der Waals surface area contributed by atoms with E-state index in [1.165, 1.54) is 0 Å². The van der Waals surface area contributed by atoms with Crippen molar-refractivity contribution in [2.24, 2.45) is 0 Å². The molecule has 6 nitrogen and oxygen atoms in total. The summed E-state index contributed by atoms with van der Waals surface area (Å²) in [6.07, 6.45) is 3.39. The average Bonchev–Trinajstić information content (AvgIpc) is 3.23. The molecule has 0 saturated carbocycles. The molecule has 0 amide bonds. The summed E-state index contributed by atoms with van der Waals surface area (Å²) in [7, 11) is 0. The molecule has 34 heavy (non-hydrogen) atoms. The van der Waals surface area contributed by atoms with Crippen LogP contribution in [0.4, 0.5) is 0 Å². The minimum atomic E-state index is -0.889. The highest BCUT2D eigenvalue weighted by Crippen LogP contribution is 2.40. The summed E-state index contributed by atoms with van der Waals surface area (Å²) in [5.74, 6) is -0.981. The fourth-order valence-electron chi connectivity index (χ4n) is 4.04. The van der Waals surface area contributed by atoms with Crippen molar-refractivity contribution < 1.29 is 14.6 Å². The molecule has 0 aliphatic heterocycles. The number of pyridine rings is 1. The molecule has 8 heteroatoms. The molecule has 0 aliphatic carbocycles. The normalized spacial score (nSPS) is 13.3. The number of hydrogen-bond acceptors (Lipinski definition) is 4. The van der Waals surface area contributed by atoms with E-state index in [0.29, 0.717) is 32.6 Å². The standard InChI is InChI=1S/C26H25Cl2N3O3/c1-14(2)34-23-10-9-19(27)24(25(23)28)16(4)31-13-30-21-12-29-20(11-22(21)31)18-8-6-5-7-17(18)15(3)26(32)33/h5-16H,1-4H3,(H,32,33)/t15?,16-/m1/s1. The average molecular weight is 498 g/mol. The number of imidazole rings is 1. The van der Waals surface area contributed by atoms with Crippen LogP contribution in [-0.4, -0.2) is 31.7 Å². The van der Waals surface area contributed by atoms with Gasteiger partial charge in [-0.25, -0.2) is 4.98 Å². The molecule has 1 unspecified atom stereocenters. The van der Waals surface area contributed by atoms with Gasteiger partial charge in [0.2, 0.25) is 0 Å². The lowest BCUT2D eigenvalue weighted by Gasteiger charge is -2.21. The van der Waals surface area contributed by atoms with E-state index in [9.17, 15) is 9.90 Å². The Kier molecular flexibility index (Phi) is 6.82. The van der Waals surface area contributed by atoms with Gasteiger partial charge in [-0.1, -0.05) is 47.5 Å². The largest absolute Gasteiger partial charge is 0.489 e. The summed E-state index contributed by atoms with van der Waals surface area (Å²) in [4.78, 5) is 20.7. The van der Waals surface area contributed by atoms with E-state index < -0.39 is 11.9 Å². The van der Waals surface area contributed by atoms with Gasteiger partial charge in [-0.15, -0.1) is 0 Å². The first kappa shape index (κ1) is 24.0. The Balaban J connectivity index is 1.82. The lowest BCUT2D eigenvalue weighted by atomic mass is 9.94. The molecule has 4 aromatic rings. The van der Waals surface area contributed by atoms with Crippen LogP contribution in [0.15, 0.2) is 55.0 Å². The Bertz CT molecular complexity index is 1370. The highest BCUT2D eigenvalue weighted by molar-refractivity contribution is 6.37. The van der Waals surface area contributed by atoms with Crippen LogP contribution in [-0.2, 0) is 4.79 Å². The molecule has 176 valence electrons. The SMILES string of the molecule is CC(C)Oc1ccc(Cl)c([C@@H](C)n2cnc3cnc(-c4ccccc4C(C)C(=O)O)cc32)c1Cl. The summed E-state index contributed by atoms with van der Waals surface area (Å²) >= 11 is 13.3. The molecule has 2 heterocycles. The number of carbonyl (C=O) groups is 1. The first-order chi connectivity index (χ1) is 16.2. The molecular formula is C26H25Cl2N3O3. The predicted molar refractivity (Wildman–Crippen MR) is 135 cm³/mol. The molecule has 2 aromatic heterocycles. The number of carboxylic acids is 1. The third-order valence-electron chi connectivity index (χ3n) is 5.82. The van der Waals surface area contributed by atoms with Gasteiger partial charge < -0.3 is 14.4 Å². The summed E-state index contributed by atoms with van der Waals surface area (Å²) in [6, 6.07) is 12.6. The van der Waals surface area contributed by atoms with Gasteiger partial charge in [-0.2, -0.15) is 0 Å². The van der Waals surface area contributed by atoms with E-state index in [1.54, 1.807) is 31.6 Å². The zero-order chi connectivity index (χ0) is 24.6. The van der Waals surface area contributed by atoms with Crippen LogP contribution in [0, 0.1) is 0 Å². The number of carboxylic acid groups (broad SMARTS) is 1. The number of benzene rings is 2. The van der Waals surface area contributed by atoms with E-state index in [-0.39, 0.29) is 12.1 Å². The molecule has 0 bridgehead atoms. The third-order valence-corrected chi connectivity index (χ3v) is 6.54. The molecule has 0 spiro atoms. The Morgan fingerprint density at radius 1 is 1.06 bits per heavy atom. The van der Waals surface area contributed by atoms with E-state index >= 15 is 0 Å². The van der Waals surface area contributed by atoms with Gasteiger partial charge in [-0.05, 0) is 51.5 Å². The molecule has 0 fully saturated rings. The first-order valence-corrected chi connectivity index (χ1v) is 11.7. The monoisotopic (exact) mass is 497 g/mol. The van der Waals surface area contributed by atoms with Crippen LogP contribution in [0.5, 0.6) is 5.75 Å². The quantitative estimate of drug-likeness (QED) is 0.297. The zero-order valence-electron chi connectivity index (χ0n) is 19.3. The van der Waals surface area contributed by atoms with Crippen LogP contribution in [0.2, 0.25) is 10.0 Å². The molecular weight excluding hydrogens is 473 g/mol. The topological polar surface area (TPSA) is 77.2 Å². The number of ether oxygens (including phenoxy) is 1. The van der Waals surface area contributed by atoms with Crippen molar-refractivity contribution in [3.63, 3.8) is 0 Å². The van der Waals surface area contributed by atoms with Gasteiger partial charge in [0.15, 0.2) is 0 Å². The van der Waals surface area contributed by atoms with Crippen molar-refractivity contribution in [1.82, 2.24) is 14.5 Å². The fraction of sp³-hybridized carbons (Fsp3) is 0.269. The summed E-state index contributed by atoms with van der Waals surface area (Å²) in [6.45, 7) is 7.54. The predicted octanol–water partition coefficient (Wildman–Crippen LogP) is 6.99. The van der Waals surface area contributed by atoms with Gasteiger partial charge in [0.05, 0.1) is 46.8 Å². The molecule has 0 aliphatic rings. The van der Waals surface area contributed by atoms with Crippen molar-refractivity contribution in [2.75, 3.05) is 0 Å². The summed E-state index contributed by atoms with van der Waals surface area (Å²) < 4.78 is 7.84. The van der Waals surface area contributed by atoms with E-state index in [0.717, 1.165) is 16.6 Å². The zero-order valence-corrected chi connectivity index (χ0v) is 20.8. The van der Waals surface area contributed by atoms with Crippen LogP contribution in [0.1, 0.15) is 50.8 Å². The molecule has 0 radical (unpaired) electrons. The molecule has 4 rings (SSSR count). The van der Waals surface area contributed by atoms with E-state index in [1.807, 2.05) is 55.7 Å². The van der Waals surface area contributed by atoms with Gasteiger partial charge in [-0.3, -0.25) is 9.78 Å². The Morgan fingerprint density at radius 3 is 2.50 bits per heavy atom. The lowest BCUT2D eigenvalue weighted by Crippen LogP contribution is -2.10. The lowest BCUT2D eigenvalue weighted by molar-refractivity contribution is -0.138. The molecule has 1 N–H and O–H groups in total. The number of nitrogens with zero attached hydrogens (tertiary/aromatic N) is 3. The van der Waals surface area contributed by atoms with E-state index in [2.05, 4.69) is 9.97 Å². The molecule has 0 saturated heterocycles. The van der Waals surface area contributed by atoms with Crippen LogP contribution < -0.4 is 4.74 Å². The number of rotatable bonds is 7. The van der Waals surface area contributed by atoms with Crippen molar-refractivity contribution in [3.05, 3.63) is 76.2 Å². The van der Waals surface area contributed by atoms with Crippen molar-refractivity contribution in [1.29, 1.82) is 0 Å². The second kappa shape index (κ2) is 9.65. The number of halogens is 2. The second-order valence-electron chi connectivity index (χ2n) is 8.47. The van der Waals surface area contributed by atoms with Crippen LogP contribution in [0.3, 0.4) is 0 Å². The third kappa shape index (κ3) is 4.48. The summed E-state index contributed by atoms with van der Waals surface area (Å²) in [5.41, 5.74) is 4.41. The van der Waals surface area contributed by atoms with Crippen molar-refractivity contribution in [3.8, 4) is 17.0 Å². The Labute approximate surface area is 208 Å². The van der Waals surface area contributed by atoms with Gasteiger partial charge in [0.1, 0.15) is 11.3 Å².